The second kappa shape index (κ2) is 4.35. The summed E-state index contributed by atoms with van der Waals surface area (Å²) in [4.78, 5) is 28.5. The fraction of sp³-hybridized carbons (Fsp3) is 0.500. The van der Waals surface area contributed by atoms with Gasteiger partial charge < -0.3 is 0 Å². The lowest BCUT2D eigenvalue weighted by molar-refractivity contribution is 0.433. The molecule has 2 aromatic rings. The van der Waals surface area contributed by atoms with Gasteiger partial charge in [0.25, 0.3) is 5.56 Å². The number of aryl methyl sites for hydroxylation is 2. The number of hydrogen-bond donors (Lipinski definition) is 1. The molecule has 0 bridgehead atoms. The quantitative estimate of drug-likeness (QED) is 0.899. The summed E-state index contributed by atoms with van der Waals surface area (Å²) in [7, 11) is 0. The summed E-state index contributed by atoms with van der Waals surface area (Å²) >= 11 is 1.49. The van der Waals surface area contributed by atoms with Crippen molar-refractivity contribution in [2.75, 3.05) is 6.67 Å². The van der Waals surface area contributed by atoms with Crippen LogP contribution in [0.3, 0.4) is 0 Å². The maximum absolute atomic E-state index is 12.4. The second-order valence-electron chi connectivity index (χ2n) is 4.49. The fourth-order valence-corrected chi connectivity index (χ4v) is 3.83. The van der Waals surface area contributed by atoms with Crippen LogP contribution in [0.15, 0.2) is 9.59 Å². The van der Waals surface area contributed by atoms with Crippen LogP contribution in [-0.2, 0) is 19.4 Å². The molecule has 6 heteroatoms. The Morgan fingerprint density at radius 2 is 2.06 bits per heavy atom. The van der Waals surface area contributed by atoms with Crippen LogP contribution >= 0.6 is 11.3 Å². The average Bonchev–Trinajstić information content (AvgIpc) is 2.72. The smallest absolute Gasteiger partial charge is 0.298 e. The van der Waals surface area contributed by atoms with Gasteiger partial charge in [-0.25, -0.2) is 9.18 Å². The zero-order valence-electron chi connectivity index (χ0n) is 9.79. The normalized spacial score (nSPS) is 14.9. The van der Waals surface area contributed by atoms with Crippen LogP contribution < -0.4 is 11.2 Å². The molecule has 1 aliphatic rings. The fourth-order valence-electron chi connectivity index (χ4n) is 2.56. The van der Waals surface area contributed by atoms with Crippen LogP contribution in [0.2, 0.25) is 0 Å². The van der Waals surface area contributed by atoms with Gasteiger partial charge in [0, 0.05) is 4.88 Å². The molecule has 0 unspecified atom stereocenters. The van der Waals surface area contributed by atoms with Crippen molar-refractivity contribution in [3.05, 3.63) is 31.3 Å². The Hall–Kier alpha value is -1.43. The standard InChI is InChI=1S/C12H13FN2O2S/c13-5-6-15-11(16)9-7-3-1-2-4-8(7)18-10(9)14-12(15)17/h1-6H2,(H,14,17). The van der Waals surface area contributed by atoms with E-state index in [0.29, 0.717) is 10.2 Å². The third-order valence-electron chi connectivity index (χ3n) is 3.40. The molecule has 96 valence electrons. The van der Waals surface area contributed by atoms with E-state index in [2.05, 4.69) is 4.98 Å². The highest BCUT2D eigenvalue weighted by Crippen LogP contribution is 2.32. The van der Waals surface area contributed by atoms with Gasteiger partial charge in [-0.15, -0.1) is 11.3 Å². The van der Waals surface area contributed by atoms with Gasteiger partial charge in [-0.2, -0.15) is 0 Å². The molecule has 0 fully saturated rings. The highest BCUT2D eigenvalue weighted by Gasteiger charge is 2.20. The monoisotopic (exact) mass is 268 g/mol. The molecule has 1 aliphatic carbocycles. The van der Waals surface area contributed by atoms with Crippen molar-refractivity contribution >= 4 is 21.6 Å². The first-order valence-electron chi connectivity index (χ1n) is 6.05. The van der Waals surface area contributed by atoms with Crippen LogP contribution in [0, 0.1) is 0 Å². The van der Waals surface area contributed by atoms with Gasteiger partial charge in [0.05, 0.1) is 11.9 Å². The second-order valence-corrected chi connectivity index (χ2v) is 5.60. The first-order chi connectivity index (χ1) is 8.72. The third-order valence-corrected chi connectivity index (χ3v) is 4.61. The summed E-state index contributed by atoms with van der Waals surface area (Å²) in [5.74, 6) is 0. The van der Waals surface area contributed by atoms with Gasteiger partial charge in [0.1, 0.15) is 11.5 Å². The lowest BCUT2D eigenvalue weighted by atomic mass is 9.97. The van der Waals surface area contributed by atoms with E-state index in [1.54, 1.807) is 0 Å². The molecule has 0 aromatic carbocycles. The number of hydrogen-bond acceptors (Lipinski definition) is 3. The summed E-state index contributed by atoms with van der Waals surface area (Å²) in [5.41, 5.74) is 0.213. The Balaban J connectivity index is 2.36. The number of alkyl halides is 1. The minimum absolute atomic E-state index is 0.172. The van der Waals surface area contributed by atoms with Gasteiger partial charge in [-0.05, 0) is 31.2 Å². The number of nitrogens with one attached hydrogen (secondary N) is 1. The summed E-state index contributed by atoms with van der Waals surface area (Å²) in [5, 5.41) is 0.600. The van der Waals surface area contributed by atoms with Gasteiger partial charge in [0.2, 0.25) is 0 Å². The molecule has 0 saturated heterocycles. The molecule has 0 amide bonds. The lowest BCUT2D eigenvalue weighted by Crippen LogP contribution is -2.35. The largest absolute Gasteiger partial charge is 0.329 e. The maximum atomic E-state index is 12.4. The Morgan fingerprint density at radius 1 is 1.28 bits per heavy atom. The number of rotatable bonds is 2. The van der Waals surface area contributed by atoms with E-state index >= 15 is 0 Å². The lowest BCUT2D eigenvalue weighted by Gasteiger charge is -2.10. The van der Waals surface area contributed by atoms with Crippen molar-refractivity contribution < 1.29 is 4.39 Å². The average molecular weight is 268 g/mol. The SMILES string of the molecule is O=c1[nH]c2sc3c(c2c(=O)n1CCF)CCCC3. The van der Waals surface area contributed by atoms with Gasteiger partial charge in [-0.3, -0.25) is 14.3 Å². The first-order valence-corrected chi connectivity index (χ1v) is 6.87. The van der Waals surface area contributed by atoms with Crippen LogP contribution in [0.25, 0.3) is 10.2 Å². The number of halogens is 1. The van der Waals surface area contributed by atoms with E-state index in [4.69, 9.17) is 0 Å². The zero-order chi connectivity index (χ0) is 12.7. The van der Waals surface area contributed by atoms with E-state index < -0.39 is 12.4 Å². The highest BCUT2D eigenvalue weighted by molar-refractivity contribution is 7.18. The van der Waals surface area contributed by atoms with Gasteiger partial charge >= 0.3 is 5.69 Å². The van der Waals surface area contributed by atoms with Crippen LogP contribution in [-0.4, -0.2) is 16.2 Å². The van der Waals surface area contributed by atoms with E-state index in [1.807, 2.05) is 0 Å². The van der Waals surface area contributed by atoms with E-state index in [0.717, 1.165) is 35.8 Å². The van der Waals surface area contributed by atoms with Gasteiger partial charge in [-0.1, -0.05) is 0 Å². The number of H-pyrrole nitrogens is 1. The van der Waals surface area contributed by atoms with Crippen LogP contribution in [0.1, 0.15) is 23.3 Å². The summed E-state index contributed by atoms with van der Waals surface area (Å²) < 4.78 is 13.4. The highest BCUT2D eigenvalue weighted by atomic mass is 32.1. The first kappa shape index (κ1) is 11.6. The summed E-state index contributed by atoms with van der Waals surface area (Å²) in [6, 6.07) is 0. The Morgan fingerprint density at radius 3 is 2.83 bits per heavy atom. The number of fused-ring (bicyclic) bond motifs is 3. The van der Waals surface area contributed by atoms with Crippen molar-refractivity contribution in [3.8, 4) is 0 Å². The molecular formula is C12H13FN2O2S. The van der Waals surface area contributed by atoms with Crippen molar-refractivity contribution in [2.24, 2.45) is 0 Å². The molecule has 0 radical (unpaired) electrons. The number of aromatic nitrogens is 2. The minimum Gasteiger partial charge on any atom is -0.298 e. The Bertz CT molecular complexity index is 713. The minimum atomic E-state index is -0.708. The zero-order valence-corrected chi connectivity index (χ0v) is 10.6. The summed E-state index contributed by atoms with van der Waals surface area (Å²) in [6.07, 6.45) is 4.05. The molecule has 0 atom stereocenters. The molecule has 2 heterocycles. The molecule has 0 spiro atoms. The van der Waals surface area contributed by atoms with E-state index in [9.17, 15) is 14.0 Å². The molecule has 0 aliphatic heterocycles. The third kappa shape index (κ3) is 1.63. The topological polar surface area (TPSA) is 54.9 Å². The van der Waals surface area contributed by atoms with E-state index in [-0.39, 0.29) is 12.1 Å². The molecule has 3 rings (SSSR count). The molecular weight excluding hydrogens is 255 g/mol. The Labute approximate surface area is 106 Å². The Kier molecular flexibility index (Phi) is 2.81. The van der Waals surface area contributed by atoms with Crippen LogP contribution in [0.5, 0.6) is 0 Å². The predicted molar refractivity (Wildman–Crippen MR) is 69.3 cm³/mol. The van der Waals surface area contributed by atoms with Crippen molar-refractivity contribution in [2.45, 2.75) is 32.2 Å². The summed E-state index contributed by atoms with van der Waals surface area (Å²) in [6.45, 7) is -0.879. The van der Waals surface area contributed by atoms with Crippen molar-refractivity contribution in [1.82, 2.24) is 9.55 Å². The molecule has 0 saturated carbocycles. The molecule has 1 N–H and O–H groups in total. The number of nitrogens with zero attached hydrogens (tertiary/aromatic N) is 1. The number of thiophene rings is 1. The van der Waals surface area contributed by atoms with Crippen molar-refractivity contribution in [3.63, 3.8) is 0 Å². The van der Waals surface area contributed by atoms with E-state index in [1.165, 1.54) is 16.2 Å². The van der Waals surface area contributed by atoms with Crippen molar-refractivity contribution in [1.29, 1.82) is 0 Å². The maximum Gasteiger partial charge on any atom is 0.329 e. The molecule has 4 nitrogen and oxygen atoms in total. The van der Waals surface area contributed by atoms with Gasteiger partial charge in [0.15, 0.2) is 0 Å². The number of aromatic amines is 1. The molecule has 2 aromatic heterocycles. The predicted octanol–water partition coefficient (Wildman–Crippen LogP) is 1.60. The van der Waals surface area contributed by atoms with Crippen LogP contribution in [0.4, 0.5) is 4.39 Å². The molecule has 18 heavy (non-hydrogen) atoms.